The molecule has 1 N–H and O–H groups in total. The van der Waals surface area contributed by atoms with Crippen LogP contribution in [0.1, 0.15) is 23.6 Å². The molecule has 2 atom stereocenters. The van der Waals surface area contributed by atoms with Gasteiger partial charge in [-0.2, -0.15) is 5.10 Å². The van der Waals surface area contributed by atoms with Gasteiger partial charge in [0, 0.05) is 55.1 Å². The van der Waals surface area contributed by atoms with Gasteiger partial charge >= 0.3 is 0 Å². The van der Waals surface area contributed by atoms with E-state index < -0.39 is 0 Å². The van der Waals surface area contributed by atoms with Crippen LogP contribution in [-0.4, -0.2) is 31.3 Å². The molecular formula is C18H20N6O. The zero-order valence-electron chi connectivity index (χ0n) is 14.0. The Bertz CT molecular complexity index is 834. The van der Waals surface area contributed by atoms with Crippen LogP contribution in [0.5, 0.6) is 5.88 Å². The van der Waals surface area contributed by atoms with Crippen molar-refractivity contribution in [3.05, 3.63) is 60.4 Å². The molecule has 3 aromatic heterocycles. The summed E-state index contributed by atoms with van der Waals surface area (Å²) in [6.07, 6.45) is 8.28. The molecule has 3 heterocycles. The molecule has 0 aliphatic heterocycles. The van der Waals surface area contributed by atoms with Crippen molar-refractivity contribution in [2.24, 2.45) is 13.0 Å². The molecule has 4 rings (SSSR count). The maximum absolute atomic E-state index is 5.84. The lowest BCUT2D eigenvalue weighted by Crippen LogP contribution is -2.05. The van der Waals surface area contributed by atoms with Crippen LogP contribution in [0.25, 0.3) is 0 Å². The van der Waals surface area contributed by atoms with E-state index in [-0.39, 0.29) is 0 Å². The van der Waals surface area contributed by atoms with E-state index in [9.17, 15) is 0 Å². The maximum atomic E-state index is 5.84. The molecule has 7 heteroatoms. The van der Waals surface area contributed by atoms with Crippen molar-refractivity contribution in [2.45, 2.75) is 18.9 Å². The number of hydrogen-bond acceptors (Lipinski definition) is 6. The van der Waals surface area contributed by atoms with Crippen molar-refractivity contribution in [3.8, 4) is 5.88 Å². The summed E-state index contributed by atoms with van der Waals surface area (Å²) in [6.45, 7) is 1.31. The number of rotatable bonds is 7. The first-order valence-electron chi connectivity index (χ1n) is 8.35. The predicted octanol–water partition coefficient (Wildman–Crippen LogP) is 2.40. The fraction of sp³-hybridized carbons (Fsp3) is 0.333. The number of anilines is 1. The Kier molecular flexibility index (Phi) is 4.28. The molecular weight excluding hydrogens is 316 g/mol. The number of ether oxygens (including phenoxy) is 1. The van der Waals surface area contributed by atoms with Crippen molar-refractivity contribution in [1.82, 2.24) is 24.7 Å². The Morgan fingerprint density at radius 3 is 3.04 bits per heavy atom. The third kappa shape index (κ3) is 3.93. The highest BCUT2D eigenvalue weighted by molar-refractivity contribution is 5.37. The van der Waals surface area contributed by atoms with Gasteiger partial charge in [-0.15, -0.1) is 0 Å². The van der Waals surface area contributed by atoms with Crippen LogP contribution >= 0.6 is 0 Å². The van der Waals surface area contributed by atoms with E-state index in [1.165, 1.54) is 6.33 Å². The third-order valence-electron chi connectivity index (χ3n) is 4.31. The summed E-state index contributed by atoms with van der Waals surface area (Å²) < 4.78 is 7.62. The Labute approximate surface area is 146 Å². The molecule has 1 aliphatic rings. The van der Waals surface area contributed by atoms with E-state index in [0.29, 0.717) is 30.9 Å². The molecule has 7 nitrogen and oxygen atoms in total. The Hall–Kier alpha value is -2.96. The van der Waals surface area contributed by atoms with Gasteiger partial charge in [-0.3, -0.25) is 9.67 Å². The number of pyridine rings is 1. The van der Waals surface area contributed by atoms with E-state index in [1.807, 2.05) is 43.8 Å². The minimum atomic E-state index is 0.506. The van der Waals surface area contributed by atoms with Crippen LogP contribution in [0.15, 0.2) is 49.2 Å². The van der Waals surface area contributed by atoms with Crippen molar-refractivity contribution in [2.75, 3.05) is 11.9 Å². The minimum Gasteiger partial charge on any atom is -0.477 e. The van der Waals surface area contributed by atoms with Gasteiger partial charge in [0.25, 0.3) is 0 Å². The Morgan fingerprint density at radius 1 is 1.28 bits per heavy atom. The summed E-state index contributed by atoms with van der Waals surface area (Å²) in [6, 6.07) is 7.88. The van der Waals surface area contributed by atoms with Crippen LogP contribution in [0.4, 0.5) is 5.82 Å². The summed E-state index contributed by atoms with van der Waals surface area (Å²) in [5.41, 5.74) is 2.25. The van der Waals surface area contributed by atoms with Crippen LogP contribution in [-0.2, 0) is 13.6 Å². The minimum absolute atomic E-state index is 0.506. The molecule has 2 unspecified atom stereocenters. The highest BCUT2D eigenvalue weighted by Crippen LogP contribution is 2.46. The zero-order valence-corrected chi connectivity index (χ0v) is 14.0. The lowest BCUT2D eigenvalue weighted by Gasteiger charge is -2.07. The van der Waals surface area contributed by atoms with Gasteiger partial charge in [0.1, 0.15) is 12.1 Å². The second-order valence-electron chi connectivity index (χ2n) is 6.29. The SMILES string of the molecule is Cn1cc(CNc2cc(OCC3CC3c3ccccn3)ncn2)cn1. The number of aryl methyl sites for hydroxylation is 1. The number of aromatic nitrogens is 5. The number of nitrogens with one attached hydrogen (secondary N) is 1. The van der Waals surface area contributed by atoms with E-state index in [1.54, 1.807) is 4.68 Å². The summed E-state index contributed by atoms with van der Waals surface area (Å²) in [5, 5.41) is 7.41. The molecule has 0 aromatic carbocycles. The molecule has 1 fully saturated rings. The topological polar surface area (TPSA) is 77.8 Å². The first-order valence-corrected chi connectivity index (χ1v) is 8.35. The normalized spacial score (nSPS) is 18.8. The second-order valence-corrected chi connectivity index (χ2v) is 6.29. The standard InChI is InChI=1S/C18H20N6O/c1-24-10-13(9-23-24)8-20-17-7-18(22-12-21-17)25-11-14-6-15(14)16-4-2-3-5-19-16/h2-5,7,9-10,12,14-15H,6,8,11H2,1H3,(H,20,21,22). The summed E-state index contributed by atoms with van der Waals surface area (Å²) in [4.78, 5) is 12.8. The molecule has 0 amide bonds. The molecule has 128 valence electrons. The van der Waals surface area contributed by atoms with Gasteiger partial charge < -0.3 is 10.1 Å². The Morgan fingerprint density at radius 2 is 2.24 bits per heavy atom. The fourth-order valence-electron chi connectivity index (χ4n) is 2.85. The van der Waals surface area contributed by atoms with Gasteiger partial charge in [0.2, 0.25) is 5.88 Å². The lowest BCUT2D eigenvalue weighted by atomic mass is 10.2. The van der Waals surface area contributed by atoms with Crippen LogP contribution < -0.4 is 10.1 Å². The van der Waals surface area contributed by atoms with Crippen molar-refractivity contribution in [1.29, 1.82) is 0 Å². The molecule has 0 saturated heterocycles. The monoisotopic (exact) mass is 336 g/mol. The maximum Gasteiger partial charge on any atom is 0.218 e. The highest BCUT2D eigenvalue weighted by atomic mass is 16.5. The van der Waals surface area contributed by atoms with E-state index >= 15 is 0 Å². The van der Waals surface area contributed by atoms with Crippen LogP contribution in [0, 0.1) is 5.92 Å². The quantitative estimate of drug-likeness (QED) is 0.714. The molecule has 0 bridgehead atoms. The first-order chi connectivity index (χ1) is 12.3. The molecule has 1 saturated carbocycles. The third-order valence-corrected chi connectivity index (χ3v) is 4.31. The van der Waals surface area contributed by atoms with Gasteiger partial charge in [0.05, 0.1) is 12.8 Å². The zero-order chi connectivity index (χ0) is 17.1. The Balaban J connectivity index is 1.29. The highest BCUT2D eigenvalue weighted by Gasteiger charge is 2.39. The van der Waals surface area contributed by atoms with Crippen LogP contribution in [0.2, 0.25) is 0 Å². The predicted molar refractivity (Wildman–Crippen MR) is 93.1 cm³/mol. The lowest BCUT2D eigenvalue weighted by molar-refractivity contribution is 0.285. The summed E-state index contributed by atoms with van der Waals surface area (Å²) >= 11 is 0. The van der Waals surface area contributed by atoms with Gasteiger partial charge in [-0.25, -0.2) is 9.97 Å². The largest absolute Gasteiger partial charge is 0.477 e. The van der Waals surface area contributed by atoms with Crippen molar-refractivity contribution < 1.29 is 4.74 Å². The molecule has 0 radical (unpaired) electrons. The molecule has 3 aromatic rings. The average Bonchev–Trinajstić information content (AvgIpc) is 3.32. The van der Waals surface area contributed by atoms with Crippen LogP contribution in [0.3, 0.4) is 0 Å². The van der Waals surface area contributed by atoms with E-state index in [2.05, 4.69) is 31.4 Å². The van der Waals surface area contributed by atoms with Gasteiger partial charge in [0.15, 0.2) is 0 Å². The van der Waals surface area contributed by atoms with Crippen molar-refractivity contribution >= 4 is 5.82 Å². The van der Waals surface area contributed by atoms with E-state index in [4.69, 9.17) is 4.74 Å². The molecule has 25 heavy (non-hydrogen) atoms. The fourth-order valence-corrected chi connectivity index (χ4v) is 2.85. The molecule has 0 spiro atoms. The van der Waals surface area contributed by atoms with E-state index in [0.717, 1.165) is 23.5 Å². The van der Waals surface area contributed by atoms with Crippen molar-refractivity contribution in [3.63, 3.8) is 0 Å². The number of hydrogen-bond donors (Lipinski definition) is 1. The average molecular weight is 336 g/mol. The number of nitrogens with zero attached hydrogens (tertiary/aromatic N) is 5. The smallest absolute Gasteiger partial charge is 0.218 e. The van der Waals surface area contributed by atoms with Gasteiger partial charge in [-0.05, 0) is 18.6 Å². The molecule has 1 aliphatic carbocycles. The second kappa shape index (κ2) is 6.88. The first kappa shape index (κ1) is 15.6. The summed E-state index contributed by atoms with van der Waals surface area (Å²) in [7, 11) is 1.90. The van der Waals surface area contributed by atoms with Gasteiger partial charge in [-0.1, -0.05) is 6.07 Å². The summed E-state index contributed by atoms with van der Waals surface area (Å²) in [5.74, 6) is 2.35.